The lowest BCUT2D eigenvalue weighted by molar-refractivity contribution is -0.145. The zero-order chi connectivity index (χ0) is 14.9. The van der Waals surface area contributed by atoms with E-state index in [9.17, 15) is 9.90 Å². The third kappa shape index (κ3) is 2.34. The fourth-order valence-electron chi connectivity index (χ4n) is 3.36. The molecule has 4 heteroatoms. The number of carboxylic acid groups (broad SMARTS) is 1. The van der Waals surface area contributed by atoms with E-state index in [1.54, 1.807) is 7.11 Å². The lowest BCUT2D eigenvalue weighted by atomic mass is 9.68. The van der Waals surface area contributed by atoms with Gasteiger partial charge in [-0.2, -0.15) is 0 Å². The van der Waals surface area contributed by atoms with Gasteiger partial charge in [0, 0.05) is 10.0 Å². The molecule has 110 valence electrons. The molecule has 3 nitrogen and oxygen atoms in total. The fraction of sp³-hybridized carbons (Fsp3) is 0.562. The molecule has 1 aromatic rings. The van der Waals surface area contributed by atoms with Crippen LogP contribution in [0.4, 0.5) is 0 Å². The highest BCUT2D eigenvalue weighted by molar-refractivity contribution is 9.10. The van der Waals surface area contributed by atoms with Crippen molar-refractivity contribution in [2.75, 3.05) is 7.11 Å². The van der Waals surface area contributed by atoms with Crippen molar-refractivity contribution in [2.45, 2.75) is 51.4 Å². The van der Waals surface area contributed by atoms with E-state index in [1.165, 1.54) is 0 Å². The van der Waals surface area contributed by atoms with Crippen molar-refractivity contribution in [1.29, 1.82) is 0 Å². The van der Waals surface area contributed by atoms with E-state index in [0.29, 0.717) is 18.6 Å². The topological polar surface area (TPSA) is 46.5 Å². The third-order valence-corrected chi connectivity index (χ3v) is 5.41. The van der Waals surface area contributed by atoms with E-state index in [4.69, 9.17) is 4.74 Å². The van der Waals surface area contributed by atoms with Crippen molar-refractivity contribution in [3.63, 3.8) is 0 Å². The SMILES string of the molecule is COc1c(C)cc(C)c(Br)c1C1(C(=O)O)CCCCC1. The quantitative estimate of drug-likeness (QED) is 0.888. The number of methoxy groups -OCH3 is 1. The minimum atomic E-state index is -0.820. The molecular weight excluding hydrogens is 320 g/mol. The largest absolute Gasteiger partial charge is 0.496 e. The molecule has 0 radical (unpaired) electrons. The molecule has 1 saturated carbocycles. The van der Waals surface area contributed by atoms with Crippen molar-refractivity contribution in [1.82, 2.24) is 0 Å². The lowest BCUT2D eigenvalue weighted by Gasteiger charge is -2.36. The highest BCUT2D eigenvalue weighted by atomic mass is 79.9. The van der Waals surface area contributed by atoms with E-state index in [-0.39, 0.29) is 0 Å². The average molecular weight is 341 g/mol. The number of rotatable bonds is 3. The Morgan fingerprint density at radius 1 is 1.25 bits per heavy atom. The molecule has 1 fully saturated rings. The predicted octanol–water partition coefficient (Wildman–Crippen LogP) is 4.36. The van der Waals surface area contributed by atoms with Gasteiger partial charge in [0.2, 0.25) is 0 Å². The van der Waals surface area contributed by atoms with Gasteiger partial charge in [-0.05, 0) is 37.8 Å². The van der Waals surface area contributed by atoms with Crippen LogP contribution in [-0.2, 0) is 10.2 Å². The maximum absolute atomic E-state index is 12.0. The number of hydrogen-bond donors (Lipinski definition) is 1. The molecule has 2 rings (SSSR count). The van der Waals surface area contributed by atoms with Crippen LogP contribution in [0.5, 0.6) is 5.75 Å². The molecular formula is C16H21BrO3. The molecule has 0 unspecified atom stereocenters. The Labute approximate surface area is 128 Å². The van der Waals surface area contributed by atoms with Crippen LogP contribution in [0.15, 0.2) is 10.5 Å². The number of aryl methyl sites for hydroxylation is 2. The van der Waals surface area contributed by atoms with Gasteiger partial charge in [-0.15, -0.1) is 0 Å². The summed E-state index contributed by atoms with van der Waals surface area (Å²) in [5.74, 6) is -0.0204. The highest BCUT2D eigenvalue weighted by Crippen LogP contribution is 2.48. The summed E-state index contributed by atoms with van der Waals surface area (Å²) in [6.45, 7) is 3.97. The number of carboxylic acids is 1. The molecule has 0 spiro atoms. The van der Waals surface area contributed by atoms with Crippen molar-refractivity contribution in [3.05, 3.63) is 27.2 Å². The van der Waals surface area contributed by atoms with Crippen LogP contribution in [0, 0.1) is 13.8 Å². The second kappa shape index (κ2) is 5.76. The zero-order valence-electron chi connectivity index (χ0n) is 12.3. The van der Waals surface area contributed by atoms with Gasteiger partial charge in [0.25, 0.3) is 0 Å². The molecule has 1 aliphatic rings. The number of carbonyl (C=O) groups is 1. The minimum absolute atomic E-state index is 0.681. The Bertz CT molecular complexity index is 531. The Morgan fingerprint density at radius 3 is 2.35 bits per heavy atom. The summed E-state index contributed by atoms with van der Waals surface area (Å²) in [7, 11) is 1.62. The summed E-state index contributed by atoms with van der Waals surface area (Å²) in [5, 5.41) is 9.89. The minimum Gasteiger partial charge on any atom is -0.496 e. The van der Waals surface area contributed by atoms with Crippen LogP contribution in [0.3, 0.4) is 0 Å². The van der Waals surface area contributed by atoms with Gasteiger partial charge in [0.15, 0.2) is 0 Å². The molecule has 1 N–H and O–H groups in total. The summed E-state index contributed by atoms with van der Waals surface area (Å²) >= 11 is 3.60. The van der Waals surface area contributed by atoms with E-state index in [2.05, 4.69) is 15.9 Å². The van der Waals surface area contributed by atoms with Crippen LogP contribution in [0.1, 0.15) is 48.8 Å². The first-order chi connectivity index (χ1) is 9.44. The first-order valence-corrected chi connectivity index (χ1v) is 7.81. The summed E-state index contributed by atoms with van der Waals surface area (Å²) < 4.78 is 6.43. The molecule has 1 aromatic carbocycles. The van der Waals surface area contributed by atoms with Gasteiger partial charge in [0.1, 0.15) is 5.75 Å². The van der Waals surface area contributed by atoms with Gasteiger partial charge in [-0.25, -0.2) is 0 Å². The Hall–Kier alpha value is -1.03. The standard InChI is InChI=1S/C16H21BrO3/c1-10-9-11(2)14(20-3)12(13(10)17)16(15(18)19)7-5-4-6-8-16/h9H,4-8H2,1-3H3,(H,18,19). The second-order valence-electron chi connectivity index (χ2n) is 5.68. The number of benzene rings is 1. The smallest absolute Gasteiger partial charge is 0.314 e. The van der Waals surface area contributed by atoms with Crippen molar-refractivity contribution in [2.24, 2.45) is 0 Å². The molecule has 0 atom stereocenters. The molecule has 0 aromatic heterocycles. The van der Waals surface area contributed by atoms with E-state index in [1.807, 2.05) is 19.9 Å². The summed E-state index contributed by atoms with van der Waals surface area (Å²) in [4.78, 5) is 12.0. The van der Waals surface area contributed by atoms with Crippen molar-refractivity contribution in [3.8, 4) is 5.75 Å². The number of halogens is 1. The summed E-state index contributed by atoms with van der Waals surface area (Å²) in [5.41, 5.74) is 2.06. The molecule has 0 bridgehead atoms. The fourth-order valence-corrected chi connectivity index (χ4v) is 4.04. The number of aliphatic carboxylic acids is 1. The zero-order valence-corrected chi connectivity index (χ0v) is 13.8. The van der Waals surface area contributed by atoms with E-state index in [0.717, 1.165) is 40.4 Å². The van der Waals surface area contributed by atoms with Gasteiger partial charge < -0.3 is 9.84 Å². The van der Waals surface area contributed by atoms with Crippen LogP contribution in [0.2, 0.25) is 0 Å². The van der Waals surface area contributed by atoms with Crippen LogP contribution in [0.25, 0.3) is 0 Å². The van der Waals surface area contributed by atoms with Gasteiger partial charge in [0.05, 0.1) is 12.5 Å². The number of ether oxygens (including phenoxy) is 1. The van der Waals surface area contributed by atoms with Crippen LogP contribution in [-0.4, -0.2) is 18.2 Å². The second-order valence-corrected chi connectivity index (χ2v) is 6.47. The number of hydrogen-bond acceptors (Lipinski definition) is 2. The van der Waals surface area contributed by atoms with Gasteiger partial charge >= 0.3 is 5.97 Å². The molecule has 0 saturated heterocycles. The van der Waals surface area contributed by atoms with E-state index < -0.39 is 11.4 Å². The van der Waals surface area contributed by atoms with Crippen LogP contribution >= 0.6 is 15.9 Å². The van der Waals surface area contributed by atoms with Gasteiger partial charge in [-0.1, -0.05) is 41.3 Å². The Morgan fingerprint density at radius 2 is 1.85 bits per heavy atom. The van der Waals surface area contributed by atoms with Crippen LogP contribution < -0.4 is 4.74 Å². The maximum atomic E-state index is 12.0. The first-order valence-electron chi connectivity index (χ1n) is 7.01. The van der Waals surface area contributed by atoms with Crippen molar-refractivity contribution < 1.29 is 14.6 Å². The average Bonchev–Trinajstić information content (AvgIpc) is 2.43. The Kier molecular flexibility index (Phi) is 4.43. The first kappa shape index (κ1) is 15.4. The lowest BCUT2D eigenvalue weighted by Crippen LogP contribution is -2.38. The third-order valence-electron chi connectivity index (χ3n) is 4.38. The van der Waals surface area contributed by atoms with Crippen molar-refractivity contribution >= 4 is 21.9 Å². The predicted molar refractivity (Wildman–Crippen MR) is 82.6 cm³/mol. The van der Waals surface area contributed by atoms with Gasteiger partial charge in [-0.3, -0.25) is 4.79 Å². The maximum Gasteiger partial charge on any atom is 0.314 e. The molecule has 1 aliphatic carbocycles. The monoisotopic (exact) mass is 340 g/mol. The molecule has 0 heterocycles. The molecule has 0 aliphatic heterocycles. The highest BCUT2D eigenvalue weighted by Gasteiger charge is 2.45. The normalized spacial score (nSPS) is 17.8. The van der Waals surface area contributed by atoms with E-state index >= 15 is 0 Å². The Balaban J connectivity index is 2.73. The molecule has 0 amide bonds. The molecule has 20 heavy (non-hydrogen) atoms. The summed E-state index contributed by atoms with van der Waals surface area (Å²) in [6.07, 6.45) is 4.38. The summed E-state index contributed by atoms with van der Waals surface area (Å²) in [6, 6.07) is 2.03.